The van der Waals surface area contributed by atoms with E-state index in [1.807, 2.05) is 0 Å². The van der Waals surface area contributed by atoms with E-state index < -0.39 is 5.82 Å². The third-order valence-electron chi connectivity index (χ3n) is 3.49. The van der Waals surface area contributed by atoms with Gasteiger partial charge in [0, 0.05) is 18.2 Å². The van der Waals surface area contributed by atoms with Crippen LogP contribution in [0, 0.1) is 5.82 Å². The lowest BCUT2D eigenvalue weighted by Crippen LogP contribution is -2.45. The number of halogens is 1. The minimum Gasteiger partial charge on any atom is -0.508 e. The van der Waals surface area contributed by atoms with Gasteiger partial charge in [-0.1, -0.05) is 18.9 Å². The fraction of sp³-hybridized carbons (Fsp3) is 0.571. The van der Waals surface area contributed by atoms with Crippen molar-refractivity contribution in [3.63, 3.8) is 0 Å². The van der Waals surface area contributed by atoms with Crippen molar-refractivity contribution in [2.45, 2.75) is 50.6 Å². The van der Waals surface area contributed by atoms with E-state index in [2.05, 4.69) is 5.32 Å². The van der Waals surface area contributed by atoms with Gasteiger partial charge in [0.25, 0.3) is 0 Å². The number of fused-ring (bicyclic) bond motifs is 2. The molecule has 0 spiro atoms. The molecular formula is C14H20FNO. The van der Waals surface area contributed by atoms with Gasteiger partial charge in [-0.25, -0.2) is 4.39 Å². The first-order valence-corrected chi connectivity index (χ1v) is 6.44. The number of phenolic OH excluding ortho intramolecular Hbond substituents is 1. The lowest BCUT2D eigenvalue weighted by molar-refractivity contribution is 0.243. The van der Waals surface area contributed by atoms with Gasteiger partial charge in [-0.15, -0.1) is 0 Å². The van der Waals surface area contributed by atoms with Crippen LogP contribution in [0.4, 0.5) is 4.39 Å². The van der Waals surface area contributed by atoms with E-state index in [-0.39, 0.29) is 5.75 Å². The fourth-order valence-electron chi connectivity index (χ4n) is 2.65. The molecule has 1 aromatic rings. The summed E-state index contributed by atoms with van der Waals surface area (Å²) in [6, 6.07) is 7.00. The second-order valence-corrected chi connectivity index (χ2v) is 4.90. The Kier molecular flexibility index (Phi) is 4.37. The molecule has 0 unspecified atom stereocenters. The number of hydrogen-bond donors (Lipinski definition) is 2. The summed E-state index contributed by atoms with van der Waals surface area (Å²) in [7, 11) is 0. The fourth-order valence-corrected chi connectivity index (χ4v) is 2.65. The lowest BCUT2D eigenvalue weighted by Gasteiger charge is -2.35. The van der Waals surface area contributed by atoms with E-state index in [0.717, 1.165) is 18.2 Å². The van der Waals surface area contributed by atoms with Crippen LogP contribution < -0.4 is 5.32 Å². The molecule has 2 nitrogen and oxygen atoms in total. The smallest absolute Gasteiger partial charge is 0.126 e. The van der Waals surface area contributed by atoms with E-state index >= 15 is 0 Å². The van der Waals surface area contributed by atoms with Gasteiger partial charge in [0.15, 0.2) is 0 Å². The minimum atomic E-state index is -0.412. The Morgan fingerprint density at radius 3 is 2.00 bits per heavy atom. The molecule has 0 amide bonds. The maximum atomic E-state index is 12.0. The molecule has 2 heterocycles. The Morgan fingerprint density at radius 1 is 1.06 bits per heavy atom. The molecule has 2 bridgehead atoms. The second-order valence-electron chi connectivity index (χ2n) is 4.90. The quantitative estimate of drug-likeness (QED) is 0.726. The van der Waals surface area contributed by atoms with Gasteiger partial charge < -0.3 is 10.4 Å². The molecule has 0 aliphatic carbocycles. The second kappa shape index (κ2) is 6.01. The topological polar surface area (TPSA) is 32.3 Å². The van der Waals surface area contributed by atoms with Gasteiger partial charge in [0.2, 0.25) is 0 Å². The van der Waals surface area contributed by atoms with Gasteiger partial charge >= 0.3 is 0 Å². The average Bonchev–Trinajstić information content (AvgIpc) is 2.29. The SMILES string of the molecule is C1CC2CCCC(C1)N2.Oc1cccc(F)c1. The molecule has 2 aliphatic rings. The van der Waals surface area contributed by atoms with Gasteiger partial charge in [-0.3, -0.25) is 0 Å². The number of phenols is 1. The van der Waals surface area contributed by atoms with Crippen LogP contribution in [-0.4, -0.2) is 17.2 Å². The molecule has 0 atom stereocenters. The lowest BCUT2D eigenvalue weighted by atomic mass is 9.87. The summed E-state index contributed by atoms with van der Waals surface area (Å²) in [4.78, 5) is 0. The van der Waals surface area contributed by atoms with Gasteiger partial charge in [-0.2, -0.15) is 0 Å². The van der Waals surface area contributed by atoms with Gasteiger partial charge in [0.05, 0.1) is 0 Å². The number of benzene rings is 1. The van der Waals surface area contributed by atoms with Gasteiger partial charge in [0.1, 0.15) is 11.6 Å². The Hall–Kier alpha value is -1.09. The summed E-state index contributed by atoms with van der Waals surface area (Å²) in [6.45, 7) is 0. The maximum absolute atomic E-state index is 12.0. The van der Waals surface area contributed by atoms with E-state index in [0.29, 0.717) is 0 Å². The van der Waals surface area contributed by atoms with Crippen molar-refractivity contribution in [3.05, 3.63) is 30.1 Å². The third-order valence-corrected chi connectivity index (χ3v) is 3.49. The first kappa shape index (κ1) is 12.4. The molecule has 3 rings (SSSR count). The van der Waals surface area contributed by atoms with E-state index in [9.17, 15) is 4.39 Å². The van der Waals surface area contributed by atoms with Crippen molar-refractivity contribution in [2.75, 3.05) is 0 Å². The van der Waals surface area contributed by atoms with E-state index in [4.69, 9.17) is 5.11 Å². The van der Waals surface area contributed by atoms with Crippen LogP contribution in [-0.2, 0) is 0 Å². The van der Waals surface area contributed by atoms with Crippen LogP contribution in [0.15, 0.2) is 24.3 Å². The highest BCUT2D eigenvalue weighted by molar-refractivity contribution is 5.20. The van der Waals surface area contributed by atoms with E-state index in [1.165, 1.54) is 56.7 Å². The van der Waals surface area contributed by atoms with Crippen LogP contribution in [0.1, 0.15) is 38.5 Å². The molecule has 0 radical (unpaired) electrons. The summed E-state index contributed by atoms with van der Waals surface area (Å²) in [5.41, 5.74) is 0. The summed E-state index contributed by atoms with van der Waals surface area (Å²) in [5, 5.41) is 12.2. The van der Waals surface area contributed by atoms with Crippen molar-refractivity contribution in [1.29, 1.82) is 0 Å². The summed E-state index contributed by atoms with van der Waals surface area (Å²) in [5.74, 6) is -0.449. The predicted molar refractivity (Wildman–Crippen MR) is 66.5 cm³/mol. The molecule has 94 valence electrons. The van der Waals surface area contributed by atoms with Crippen molar-refractivity contribution < 1.29 is 9.50 Å². The molecule has 2 N–H and O–H groups in total. The van der Waals surface area contributed by atoms with E-state index in [1.54, 1.807) is 0 Å². The zero-order chi connectivity index (χ0) is 12.1. The van der Waals surface area contributed by atoms with Crippen molar-refractivity contribution >= 4 is 0 Å². The molecule has 2 saturated heterocycles. The Morgan fingerprint density at radius 2 is 1.65 bits per heavy atom. The first-order valence-electron chi connectivity index (χ1n) is 6.44. The molecule has 3 heteroatoms. The molecule has 2 aliphatic heterocycles. The van der Waals surface area contributed by atoms with Gasteiger partial charge in [-0.05, 0) is 37.8 Å². The normalized spacial score (nSPS) is 26.9. The molecule has 0 saturated carbocycles. The molecule has 2 fully saturated rings. The summed E-state index contributed by atoms with van der Waals surface area (Å²) < 4.78 is 12.0. The molecule has 1 aromatic carbocycles. The first-order chi connectivity index (χ1) is 8.24. The number of nitrogens with one attached hydrogen (secondary N) is 1. The number of rotatable bonds is 0. The Labute approximate surface area is 102 Å². The predicted octanol–water partition coefficient (Wildman–Crippen LogP) is 3.21. The third kappa shape index (κ3) is 4.00. The molecule has 17 heavy (non-hydrogen) atoms. The van der Waals surface area contributed by atoms with Crippen molar-refractivity contribution in [3.8, 4) is 5.75 Å². The molecular weight excluding hydrogens is 217 g/mol. The van der Waals surface area contributed by atoms with Crippen molar-refractivity contribution in [2.24, 2.45) is 0 Å². The molecule has 0 aromatic heterocycles. The van der Waals surface area contributed by atoms with Crippen LogP contribution >= 0.6 is 0 Å². The van der Waals surface area contributed by atoms with Crippen LogP contribution in [0.5, 0.6) is 5.75 Å². The maximum Gasteiger partial charge on any atom is 0.126 e. The zero-order valence-corrected chi connectivity index (χ0v) is 10.0. The van der Waals surface area contributed by atoms with Crippen LogP contribution in [0.3, 0.4) is 0 Å². The summed E-state index contributed by atoms with van der Waals surface area (Å²) in [6.07, 6.45) is 8.71. The average molecular weight is 237 g/mol. The zero-order valence-electron chi connectivity index (χ0n) is 10.0. The standard InChI is InChI=1S/C8H15N.C6H5FO/c1-3-7-5-2-6-8(4-1)9-7;7-5-2-1-3-6(8)4-5/h7-9H,1-6H2;1-4,8H. The highest BCUT2D eigenvalue weighted by Crippen LogP contribution is 2.24. The monoisotopic (exact) mass is 237 g/mol. The van der Waals surface area contributed by atoms with Crippen LogP contribution in [0.25, 0.3) is 0 Å². The highest BCUT2D eigenvalue weighted by Gasteiger charge is 2.24. The minimum absolute atomic E-state index is 0.0370. The van der Waals surface area contributed by atoms with Crippen molar-refractivity contribution in [1.82, 2.24) is 5.32 Å². The largest absolute Gasteiger partial charge is 0.508 e. The summed E-state index contributed by atoms with van der Waals surface area (Å²) >= 11 is 0. The number of hydrogen-bond acceptors (Lipinski definition) is 2. The Balaban J connectivity index is 0.000000128. The highest BCUT2D eigenvalue weighted by atomic mass is 19.1. The van der Waals surface area contributed by atoms with Crippen LogP contribution in [0.2, 0.25) is 0 Å². The number of aromatic hydroxyl groups is 1. The Bertz CT molecular complexity index is 319. The number of piperidine rings is 2.